The molecule has 3 aromatic rings. The van der Waals surface area contributed by atoms with Crippen molar-refractivity contribution in [1.29, 1.82) is 0 Å². The zero-order valence-corrected chi connectivity index (χ0v) is 14.1. The zero-order chi connectivity index (χ0) is 19.6. The van der Waals surface area contributed by atoms with E-state index in [0.717, 1.165) is 17.8 Å². The number of carbonyl (C=O) groups is 1. The summed E-state index contributed by atoms with van der Waals surface area (Å²) in [6, 6.07) is 7.16. The number of carbonyl (C=O) groups excluding carboxylic acids is 1. The number of nitrogens with one attached hydrogen (secondary N) is 1. The van der Waals surface area contributed by atoms with E-state index in [0.29, 0.717) is 22.9 Å². The van der Waals surface area contributed by atoms with E-state index >= 15 is 0 Å². The van der Waals surface area contributed by atoms with E-state index in [1.165, 1.54) is 0 Å². The highest BCUT2D eigenvalue weighted by atomic mass is 32.2. The van der Waals surface area contributed by atoms with Crippen molar-refractivity contribution in [1.82, 2.24) is 14.6 Å². The molecule has 2 aromatic heterocycles. The minimum Gasteiger partial charge on any atom is -0.320 e. The molecule has 1 amide bonds. The van der Waals surface area contributed by atoms with Crippen LogP contribution in [0.2, 0.25) is 0 Å². The van der Waals surface area contributed by atoms with Gasteiger partial charge in [0.05, 0.1) is 16.2 Å². The number of hydrogen-bond acceptors (Lipinski definition) is 6. The summed E-state index contributed by atoms with van der Waals surface area (Å²) >= 11 is 1.03. The van der Waals surface area contributed by atoms with Gasteiger partial charge in [0.1, 0.15) is 5.69 Å². The smallest absolute Gasteiger partial charge is 0.320 e. The Morgan fingerprint density at radius 1 is 1.26 bits per heavy atom. The Balaban J connectivity index is 1.73. The largest absolute Gasteiger partial charge is 0.416 e. The molecule has 0 atom stereocenters. The van der Waals surface area contributed by atoms with Gasteiger partial charge in [-0.05, 0) is 24.3 Å². The Bertz CT molecular complexity index is 1020. The number of anilines is 1. The van der Waals surface area contributed by atoms with Gasteiger partial charge in [-0.1, -0.05) is 17.8 Å². The lowest BCUT2D eigenvalue weighted by Gasteiger charge is -2.09. The second-order valence-electron chi connectivity index (χ2n) is 5.24. The first-order valence-corrected chi connectivity index (χ1v) is 8.32. The van der Waals surface area contributed by atoms with Gasteiger partial charge in [0.15, 0.2) is 10.8 Å². The molecule has 0 unspecified atom stereocenters. The van der Waals surface area contributed by atoms with Gasteiger partial charge in [-0.15, -0.1) is 10.2 Å². The van der Waals surface area contributed by atoms with Crippen LogP contribution in [-0.4, -0.2) is 31.2 Å². The fraction of sp³-hybridized carbons (Fsp3) is 0.133. The van der Waals surface area contributed by atoms with Gasteiger partial charge in [0.2, 0.25) is 5.91 Å². The number of nitrogens with zero attached hydrogens (tertiary/aromatic N) is 4. The molecule has 3 rings (SSSR count). The average Bonchev–Trinajstić information content (AvgIpc) is 3.02. The summed E-state index contributed by atoms with van der Waals surface area (Å²) in [6.45, 7) is 0. The number of halogens is 3. The fourth-order valence-electron chi connectivity index (χ4n) is 2.20. The van der Waals surface area contributed by atoms with E-state index in [2.05, 4.69) is 15.5 Å². The Hall–Kier alpha value is -3.15. The third-order valence-corrected chi connectivity index (χ3v) is 4.35. The van der Waals surface area contributed by atoms with Crippen LogP contribution in [0.3, 0.4) is 0 Å². The van der Waals surface area contributed by atoms with Crippen molar-refractivity contribution in [2.45, 2.75) is 11.3 Å². The topological polar surface area (TPSA) is 102 Å². The number of nitro benzene ring substituents is 1. The lowest BCUT2D eigenvalue weighted by Crippen LogP contribution is -2.16. The number of amides is 1. The van der Waals surface area contributed by atoms with Gasteiger partial charge in [0.25, 0.3) is 5.69 Å². The van der Waals surface area contributed by atoms with Gasteiger partial charge in [-0.25, -0.2) is 0 Å². The molecule has 12 heteroatoms. The summed E-state index contributed by atoms with van der Waals surface area (Å²) in [5, 5.41) is 21.6. The van der Waals surface area contributed by atoms with Crippen molar-refractivity contribution < 1.29 is 22.9 Å². The first-order valence-electron chi connectivity index (χ1n) is 7.34. The lowest BCUT2D eigenvalue weighted by atomic mass is 10.1. The van der Waals surface area contributed by atoms with Crippen LogP contribution in [0.4, 0.5) is 24.5 Å². The van der Waals surface area contributed by atoms with E-state index in [9.17, 15) is 28.1 Å². The second-order valence-corrected chi connectivity index (χ2v) is 6.18. The van der Waals surface area contributed by atoms with E-state index in [4.69, 9.17) is 0 Å². The standard InChI is InChI=1S/C15H10F3N5O3S/c16-15(17,18)9-4-5-10(11(7-9)23(25)26)19-13(24)8-27-14-21-20-12-3-1-2-6-22(12)14/h1-7H,8H2,(H,19,24). The molecule has 0 radical (unpaired) electrons. The molecule has 0 aliphatic carbocycles. The monoisotopic (exact) mass is 397 g/mol. The van der Waals surface area contributed by atoms with Gasteiger partial charge in [-0.3, -0.25) is 19.3 Å². The van der Waals surface area contributed by atoms with Crippen LogP contribution in [0.15, 0.2) is 47.8 Å². The number of hydrogen-bond donors (Lipinski definition) is 1. The first kappa shape index (κ1) is 18.6. The normalized spacial score (nSPS) is 11.5. The van der Waals surface area contributed by atoms with Gasteiger partial charge >= 0.3 is 6.18 Å². The van der Waals surface area contributed by atoms with E-state index < -0.39 is 28.3 Å². The molecule has 0 bridgehead atoms. The molecule has 2 heterocycles. The summed E-state index contributed by atoms with van der Waals surface area (Å²) in [6.07, 6.45) is -3.02. The maximum Gasteiger partial charge on any atom is 0.416 e. The number of benzene rings is 1. The second kappa shape index (κ2) is 7.23. The Morgan fingerprint density at radius 2 is 2.04 bits per heavy atom. The Morgan fingerprint density at radius 3 is 2.74 bits per heavy atom. The third-order valence-electron chi connectivity index (χ3n) is 3.41. The molecule has 0 saturated carbocycles. The number of nitro groups is 1. The summed E-state index contributed by atoms with van der Waals surface area (Å²) in [7, 11) is 0. The number of fused-ring (bicyclic) bond motifs is 1. The molecule has 27 heavy (non-hydrogen) atoms. The van der Waals surface area contributed by atoms with Crippen molar-refractivity contribution >= 4 is 34.7 Å². The highest BCUT2D eigenvalue weighted by molar-refractivity contribution is 7.99. The maximum absolute atomic E-state index is 12.7. The average molecular weight is 397 g/mol. The molecule has 8 nitrogen and oxygen atoms in total. The highest BCUT2D eigenvalue weighted by Gasteiger charge is 2.33. The number of thioether (sulfide) groups is 1. The van der Waals surface area contributed by atoms with E-state index in [1.54, 1.807) is 28.8 Å². The van der Waals surface area contributed by atoms with E-state index in [1.807, 2.05) is 0 Å². The van der Waals surface area contributed by atoms with Crippen LogP contribution in [-0.2, 0) is 11.0 Å². The molecular weight excluding hydrogens is 387 g/mol. The quantitative estimate of drug-likeness (QED) is 0.402. The summed E-state index contributed by atoms with van der Waals surface area (Å²) in [5.41, 5.74) is -1.74. The molecule has 0 saturated heterocycles. The molecular formula is C15H10F3N5O3S. The molecule has 140 valence electrons. The number of aromatic nitrogens is 3. The molecule has 0 fully saturated rings. The van der Waals surface area contributed by atoms with Crippen molar-refractivity contribution in [3.63, 3.8) is 0 Å². The SMILES string of the molecule is O=C(CSc1nnc2ccccn12)Nc1ccc(C(F)(F)F)cc1[N+](=O)[O-]. The zero-order valence-electron chi connectivity index (χ0n) is 13.3. The number of rotatable bonds is 5. The molecule has 0 spiro atoms. The van der Waals surface area contributed by atoms with Crippen LogP contribution < -0.4 is 5.32 Å². The molecule has 1 N–H and O–H groups in total. The predicted octanol–water partition coefficient (Wildman–Crippen LogP) is 3.39. The number of alkyl halides is 3. The molecule has 0 aliphatic heterocycles. The molecule has 1 aromatic carbocycles. The predicted molar refractivity (Wildman–Crippen MR) is 90.4 cm³/mol. The fourth-order valence-corrected chi connectivity index (χ4v) is 2.92. The van der Waals surface area contributed by atoms with Crippen molar-refractivity contribution in [3.8, 4) is 0 Å². The Labute approximate surface area is 153 Å². The van der Waals surface area contributed by atoms with Gasteiger partial charge in [0, 0.05) is 12.3 Å². The summed E-state index contributed by atoms with van der Waals surface area (Å²) in [4.78, 5) is 22.1. The van der Waals surface area contributed by atoms with E-state index in [-0.39, 0.29) is 11.4 Å². The molecule has 0 aliphatic rings. The first-order chi connectivity index (χ1) is 12.8. The van der Waals surface area contributed by atoms with Crippen molar-refractivity contribution in [2.24, 2.45) is 0 Å². The van der Waals surface area contributed by atoms with Crippen LogP contribution >= 0.6 is 11.8 Å². The Kier molecular flexibility index (Phi) is 4.99. The maximum atomic E-state index is 12.7. The summed E-state index contributed by atoms with van der Waals surface area (Å²) in [5.74, 6) is -0.788. The minimum absolute atomic E-state index is 0.159. The lowest BCUT2D eigenvalue weighted by molar-refractivity contribution is -0.384. The van der Waals surface area contributed by atoms with Crippen LogP contribution in [0.1, 0.15) is 5.56 Å². The minimum atomic E-state index is -4.72. The van der Waals surface area contributed by atoms with Crippen LogP contribution in [0.25, 0.3) is 5.65 Å². The van der Waals surface area contributed by atoms with Crippen LogP contribution in [0.5, 0.6) is 0 Å². The van der Waals surface area contributed by atoms with Crippen molar-refractivity contribution in [3.05, 3.63) is 58.3 Å². The summed E-state index contributed by atoms with van der Waals surface area (Å²) < 4.78 is 39.8. The van der Waals surface area contributed by atoms with Crippen LogP contribution in [0, 0.1) is 10.1 Å². The van der Waals surface area contributed by atoms with Gasteiger partial charge < -0.3 is 5.32 Å². The number of pyridine rings is 1. The van der Waals surface area contributed by atoms with Gasteiger partial charge in [-0.2, -0.15) is 13.2 Å². The van der Waals surface area contributed by atoms with Crippen molar-refractivity contribution in [2.75, 3.05) is 11.1 Å². The third kappa shape index (κ3) is 4.16. The highest BCUT2D eigenvalue weighted by Crippen LogP contribution is 2.35.